The Bertz CT molecular complexity index is 647. The second-order valence-electron chi connectivity index (χ2n) is 7.24. The highest BCUT2D eigenvalue weighted by molar-refractivity contribution is 5.76. The van der Waals surface area contributed by atoms with E-state index in [-0.39, 0.29) is 18.2 Å². The SMILES string of the molecule is COc1ccccc1C1=CC2COCC(C1)N2C(=O)OC(C)(C)C. The Balaban J connectivity index is 1.89. The summed E-state index contributed by atoms with van der Waals surface area (Å²) in [5.74, 6) is 0.855. The van der Waals surface area contributed by atoms with Crippen molar-refractivity contribution in [3.05, 3.63) is 35.9 Å². The number of morpholine rings is 1. The van der Waals surface area contributed by atoms with Crippen molar-refractivity contribution < 1.29 is 19.0 Å². The van der Waals surface area contributed by atoms with Crippen molar-refractivity contribution in [3.8, 4) is 5.75 Å². The minimum atomic E-state index is -0.501. The molecule has 0 spiro atoms. The number of methoxy groups -OCH3 is 1. The molecule has 0 aliphatic carbocycles. The molecular formula is C19H25NO4. The third-order valence-corrected chi connectivity index (χ3v) is 4.26. The average molecular weight is 331 g/mol. The number of benzene rings is 1. The number of amides is 1. The topological polar surface area (TPSA) is 48.0 Å². The largest absolute Gasteiger partial charge is 0.496 e. The summed E-state index contributed by atoms with van der Waals surface area (Å²) in [4.78, 5) is 14.4. The minimum Gasteiger partial charge on any atom is -0.496 e. The number of fused-ring (bicyclic) bond motifs is 2. The van der Waals surface area contributed by atoms with Crippen LogP contribution < -0.4 is 4.74 Å². The van der Waals surface area contributed by atoms with Gasteiger partial charge in [0.15, 0.2) is 0 Å². The Labute approximate surface area is 143 Å². The predicted molar refractivity (Wildman–Crippen MR) is 92.1 cm³/mol. The molecule has 1 amide bonds. The molecule has 0 radical (unpaired) electrons. The first-order valence-electron chi connectivity index (χ1n) is 8.32. The summed E-state index contributed by atoms with van der Waals surface area (Å²) in [5, 5.41) is 0. The smallest absolute Gasteiger partial charge is 0.411 e. The molecule has 5 heteroatoms. The zero-order valence-corrected chi connectivity index (χ0v) is 14.7. The summed E-state index contributed by atoms with van der Waals surface area (Å²) in [6.07, 6.45) is 2.57. The van der Waals surface area contributed by atoms with E-state index in [0.717, 1.165) is 17.7 Å². The van der Waals surface area contributed by atoms with E-state index in [1.807, 2.05) is 43.9 Å². The van der Waals surface area contributed by atoms with Gasteiger partial charge in [0, 0.05) is 5.56 Å². The first-order valence-corrected chi connectivity index (χ1v) is 8.32. The number of ether oxygens (including phenoxy) is 3. The van der Waals surface area contributed by atoms with Crippen molar-refractivity contribution in [2.24, 2.45) is 0 Å². The molecule has 130 valence electrons. The summed E-state index contributed by atoms with van der Waals surface area (Å²) < 4.78 is 16.7. The molecule has 5 nitrogen and oxygen atoms in total. The maximum absolute atomic E-state index is 12.6. The molecule has 2 heterocycles. The molecule has 1 aromatic carbocycles. The lowest BCUT2D eigenvalue weighted by Crippen LogP contribution is -2.57. The van der Waals surface area contributed by atoms with Gasteiger partial charge in [0.05, 0.1) is 32.4 Å². The second kappa shape index (κ2) is 6.48. The van der Waals surface area contributed by atoms with Gasteiger partial charge in [0.1, 0.15) is 11.4 Å². The predicted octanol–water partition coefficient (Wildman–Crippen LogP) is 3.49. The first kappa shape index (κ1) is 16.8. The van der Waals surface area contributed by atoms with Crippen LogP contribution in [-0.4, -0.2) is 49.0 Å². The molecule has 0 saturated carbocycles. The van der Waals surface area contributed by atoms with Crippen LogP contribution in [0.3, 0.4) is 0 Å². The van der Waals surface area contributed by atoms with Gasteiger partial charge in [-0.05, 0) is 38.8 Å². The van der Waals surface area contributed by atoms with E-state index in [9.17, 15) is 4.79 Å². The van der Waals surface area contributed by atoms with Gasteiger partial charge in [-0.25, -0.2) is 4.79 Å². The highest BCUT2D eigenvalue weighted by Crippen LogP contribution is 2.36. The van der Waals surface area contributed by atoms with Gasteiger partial charge in [-0.1, -0.05) is 24.3 Å². The normalized spacial score (nSPS) is 23.5. The maximum atomic E-state index is 12.6. The van der Waals surface area contributed by atoms with E-state index in [0.29, 0.717) is 13.2 Å². The Morgan fingerprint density at radius 2 is 2.00 bits per heavy atom. The molecule has 24 heavy (non-hydrogen) atoms. The Kier molecular flexibility index (Phi) is 4.54. The number of hydrogen-bond acceptors (Lipinski definition) is 4. The van der Waals surface area contributed by atoms with Crippen molar-refractivity contribution in [3.63, 3.8) is 0 Å². The van der Waals surface area contributed by atoms with Crippen molar-refractivity contribution in [1.29, 1.82) is 0 Å². The molecule has 2 bridgehead atoms. The van der Waals surface area contributed by atoms with E-state index in [4.69, 9.17) is 14.2 Å². The van der Waals surface area contributed by atoms with Crippen molar-refractivity contribution in [1.82, 2.24) is 4.90 Å². The van der Waals surface area contributed by atoms with Crippen LogP contribution in [0.2, 0.25) is 0 Å². The summed E-state index contributed by atoms with van der Waals surface area (Å²) in [6, 6.07) is 7.87. The van der Waals surface area contributed by atoms with Crippen molar-refractivity contribution >= 4 is 11.7 Å². The van der Waals surface area contributed by atoms with Gasteiger partial charge < -0.3 is 14.2 Å². The van der Waals surface area contributed by atoms with Gasteiger partial charge in [-0.15, -0.1) is 0 Å². The van der Waals surface area contributed by atoms with Gasteiger partial charge in [-0.3, -0.25) is 4.90 Å². The second-order valence-corrected chi connectivity index (χ2v) is 7.24. The van der Waals surface area contributed by atoms with Crippen molar-refractivity contribution in [2.75, 3.05) is 20.3 Å². The fraction of sp³-hybridized carbons (Fsp3) is 0.526. The standard InChI is InChI=1S/C19H25NO4/c1-19(2,3)24-18(21)20-14-9-13(10-15(20)12-23-11-14)16-7-5-6-8-17(16)22-4/h5-9,14-15H,10-12H2,1-4H3. The van der Waals surface area contributed by atoms with Crippen LogP contribution in [0.4, 0.5) is 4.79 Å². The van der Waals surface area contributed by atoms with E-state index >= 15 is 0 Å². The number of para-hydroxylation sites is 1. The maximum Gasteiger partial charge on any atom is 0.411 e. The van der Waals surface area contributed by atoms with Crippen molar-refractivity contribution in [2.45, 2.75) is 44.9 Å². The van der Waals surface area contributed by atoms with E-state index in [1.54, 1.807) is 7.11 Å². The highest BCUT2D eigenvalue weighted by Gasteiger charge is 2.40. The van der Waals surface area contributed by atoms with E-state index in [1.165, 1.54) is 5.57 Å². The summed E-state index contributed by atoms with van der Waals surface area (Å²) in [6.45, 7) is 6.68. The van der Waals surface area contributed by atoms with Crippen LogP contribution in [0, 0.1) is 0 Å². The van der Waals surface area contributed by atoms with Gasteiger partial charge in [0.25, 0.3) is 0 Å². The third kappa shape index (κ3) is 3.41. The summed E-state index contributed by atoms with van der Waals surface area (Å²) in [5.41, 5.74) is 1.78. The lowest BCUT2D eigenvalue weighted by molar-refractivity contribution is -0.0510. The molecule has 1 fully saturated rings. The molecule has 1 aromatic rings. The Morgan fingerprint density at radius 1 is 1.25 bits per heavy atom. The molecule has 2 aliphatic rings. The molecule has 0 N–H and O–H groups in total. The van der Waals surface area contributed by atoms with Gasteiger partial charge in [-0.2, -0.15) is 0 Å². The zero-order chi connectivity index (χ0) is 17.3. The van der Waals surface area contributed by atoms with Crippen LogP contribution in [-0.2, 0) is 9.47 Å². The Morgan fingerprint density at radius 3 is 2.67 bits per heavy atom. The summed E-state index contributed by atoms with van der Waals surface area (Å²) >= 11 is 0. The quantitative estimate of drug-likeness (QED) is 0.832. The monoisotopic (exact) mass is 331 g/mol. The van der Waals surface area contributed by atoms with Crippen LogP contribution in [0.5, 0.6) is 5.75 Å². The van der Waals surface area contributed by atoms with Crippen LogP contribution in [0.1, 0.15) is 32.8 Å². The molecule has 2 atom stereocenters. The van der Waals surface area contributed by atoms with E-state index in [2.05, 4.69) is 12.1 Å². The summed E-state index contributed by atoms with van der Waals surface area (Å²) in [7, 11) is 1.68. The fourth-order valence-corrected chi connectivity index (χ4v) is 3.30. The molecule has 2 unspecified atom stereocenters. The molecule has 2 aliphatic heterocycles. The lowest BCUT2D eigenvalue weighted by atomic mass is 9.89. The number of carbonyl (C=O) groups is 1. The molecule has 1 saturated heterocycles. The number of nitrogens with zero attached hydrogens (tertiary/aromatic N) is 1. The number of rotatable bonds is 2. The average Bonchev–Trinajstić information content (AvgIpc) is 2.52. The molecule has 0 aromatic heterocycles. The fourth-order valence-electron chi connectivity index (χ4n) is 3.30. The highest BCUT2D eigenvalue weighted by atomic mass is 16.6. The first-order chi connectivity index (χ1) is 11.4. The zero-order valence-electron chi connectivity index (χ0n) is 14.7. The van der Waals surface area contributed by atoms with E-state index < -0.39 is 5.60 Å². The van der Waals surface area contributed by atoms with Gasteiger partial charge >= 0.3 is 6.09 Å². The van der Waals surface area contributed by atoms with Crippen LogP contribution in [0.25, 0.3) is 5.57 Å². The number of carbonyl (C=O) groups excluding carboxylic acids is 1. The number of hydrogen-bond donors (Lipinski definition) is 0. The van der Waals surface area contributed by atoms with Gasteiger partial charge in [0.2, 0.25) is 0 Å². The molecule has 3 rings (SSSR count). The van der Waals surface area contributed by atoms with Crippen LogP contribution >= 0.6 is 0 Å². The Hall–Kier alpha value is -2.01. The minimum absolute atomic E-state index is 0.0106. The molecular weight excluding hydrogens is 306 g/mol. The van der Waals surface area contributed by atoms with Crippen LogP contribution in [0.15, 0.2) is 30.3 Å². The lowest BCUT2D eigenvalue weighted by Gasteiger charge is -2.44. The third-order valence-electron chi connectivity index (χ3n) is 4.26.